The average Bonchev–Trinajstić information content (AvgIpc) is 3.38. The first-order valence-corrected chi connectivity index (χ1v) is 12.4. The maximum absolute atomic E-state index is 12.7. The van der Waals surface area contributed by atoms with Crippen molar-refractivity contribution in [3.8, 4) is 10.6 Å². The predicted octanol–water partition coefficient (Wildman–Crippen LogP) is 4.85. The van der Waals surface area contributed by atoms with E-state index in [1.54, 1.807) is 18.3 Å². The van der Waals surface area contributed by atoms with Gasteiger partial charge in [0.1, 0.15) is 15.8 Å². The number of aromatic amines is 1. The van der Waals surface area contributed by atoms with Crippen LogP contribution in [0.5, 0.6) is 0 Å². The summed E-state index contributed by atoms with van der Waals surface area (Å²) in [5, 5.41) is 8.02. The number of sulfone groups is 1. The molecule has 0 atom stereocenters. The minimum atomic E-state index is -3.53. The Bertz CT molecular complexity index is 1210. The highest BCUT2D eigenvalue weighted by Crippen LogP contribution is 2.31. The molecule has 0 aliphatic carbocycles. The number of hydrogen-bond acceptors (Lipinski definition) is 7. The van der Waals surface area contributed by atoms with Crippen LogP contribution in [0, 0.1) is 0 Å². The van der Waals surface area contributed by atoms with Gasteiger partial charge in [0, 0.05) is 17.0 Å². The van der Waals surface area contributed by atoms with Gasteiger partial charge in [0.2, 0.25) is 5.16 Å². The van der Waals surface area contributed by atoms with Gasteiger partial charge >= 0.3 is 0 Å². The van der Waals surface area contributed by atoms with Gasteiger partial charge in [-0.25, -0.2) is 13.4 Å². The van der Waals surface area contributed by atoms with Gasteiger partial charge in [0.15, 0.2) is 9.84 Å². The molecule has 3 heterocycles. The maximum atomic E-state index is 12.7. The molecule has 10 heteroatoms. The summed E-state index contributed by atoms with van der Waals surface area (Å²) in [5.41, 5.74) is 1.83. The Morgan fingerprint density at radius 1 is 1.07 bits per heavy atom. The Morgan fingerprint density at radius 2 is 1.90 bits per heavy atom. The highest BCUT2D eigenvalue weighted by molar-refractivity contribution is 7.98. The number of rotatable bonds is 7. The molecule has 0 amide bonds. The normalized spacial score (nSPS) is 11.6. The van der Waals surface area contributed by atoms with Crippen LogP contribution in [-0.2, 0) is 21.3 Å². The largest absolute Gasteiger partial charge is 0.261 e. The smallest absolute Gasteiger partial charge is 0.208 e. The van der Waals surface area contributed by atoms with Crippen LogP contribution in [0.1, 0.15) is 11.4 Å². The Morgan fingerprint density at radius 3 is 2.66 bits per heavy atom. The molecule has 4 rings (SSSR count). The third-order valence-electron chi connectivity index (χ3n) is 3.92. The topological polar surface area (TPSA) is 88.6 Å². The van der Waals surface area contributed by atoms with E-state index < -0.39 is 9.84 Å². The Labute approximate surface area is 181 Å². The van der Waals surface area contributed by atoms with Crippen LogP contribution >= 0.6 is 34.7 Å². The Balaban J connectivity index is 1.42. The quantitative estimate of drug-likeness (QED) is 0.395. The molecule has 0 aliphatic rings. The lowest BCUT2D eigenvalue weighted by Gasteiger charge is -1.99. The van der Waals surface area contributed by atoms with E-state index in [9.17, 15) is 8.42 Å². The summed E-state index contributed by atoms with van der Waals surface area (Å²) < 4.78 is 25.8. The van der Waals surface area contributed by atoms with Crippen LogP contribution in [0.25, 0.3) is 10.6 Å². The lowest BCUT2D eigenvalue weighted by molar-refractivity contribution is 0.596. The van der Waals surface area contributed by atoms with Crippen molar-refractivity contribution in [2.24, 2.45) is 0 Å². The van der Waals surface area contributed by atoms with Gasteiger partial charge in [-0.3, -0.25) is 10.1 Å². The number of pyridine rings is 1. The van der Waals surface area contributed by atoms with E-state index in [2.05, 4.69) is 20.2 Å². The molecule has 0 saturated heterocycles. The molecule has 1 aromatic carbocycles. The van der Waals surface area contributed by atoms with Crippen molar-refractivity contribution in [3.05, 3.63) is 77.2 Å². The van der Waals surface area contributed by atoms with Crippen molar-refractivity contribution < 1.29 is 8.42 Å². The number of halogens is 1. The molecular weight excluding hydrogens is 448 g/mol. The number of hydrogen-bond donors (Lipinski definition) is 1. The number of thiophene rings is 1. The zero-order valence-corrected chi connectivity index (χ0v) is 18.2. The zero-order valence-electron chi connectivity index (χ0n) is 14.9. The minimum absolute atomic E-state index is 0.232. The van der Waals surface area contributed by atoms with Crippen molar-refractivity contribution in [1.82, 2.24) is 20.2 Å². The summed E-state index contributed by atoms with van der Waals surface area (Å²) in [6, 6.07) is 16.4. The van der Waals surface area contributed by atoms with E-state index >= 15 is 0 Å². The molecule has 0 bridgehead atoms. The number of aromatic nitrogens is 4. The fourth-order valence-corrected chi connectivity index (χ4v) is 5.99. The van der Waals surface area contributed by atoms with Gasteiger partial charge < -0.3 is 0 Å². The molecule has 0 aliphatic heterocycles. The molecule has 0 saturated carbocycles. The van der Waals surface area contributed by atoms with Gasteiger partial charge in [-0.1, -0.05) is 41.6 Å². The molecule has 148 valence electrons. The van der Waals surface area contributed by atoms with Crippen LogP contribution in [-0.4, -0.2) is 28.6 Å². The molecule has 4 aromatic rings. The number of H-pyrrole nitrogens is 1. The van der Waals surface area contributed by atoms with Gasteiger partial charge in [0.05, 0.1) is 10.6 Å². The van der Waals surface area contributed by atoms with E-state index in [0.29, 0.717) is 21.8 Å². The third kappa shape index (κ3) is 5.05. The van der Waals surface area contributed by atoms with E-state index in [0.717, 1.165) is 16.1 Å². The summed E-state index contributed by atoms with van der Waals surface area (Å²) in [6.45, 7) is 0. The summed E-state index contributed by atoms with van der Waals surface area (Å²) in [5.74, 6) is 0.750. The molecule has 0 radical (unpaired) electrons. The Hall–Kier alpha value is -2.20. The number of thioether (sulfide) groups is 1. The van der Waals surface area contributed by atoms with Crippen molar-refractivity contribution in [3.63, 3.8) is 0 Å². The van der Waals surface area contributed by atoms with Crippen LogP contribution in [0.3, 0.4) is 0 Å². The monoisotopic (exact) mass is 462 g/mol. The van der Waals surface area contributed by atoms with E-state index in [4.69, 9.17) is 11.6 Å². The predicted molar refractivity (Wildman–Crippen MR) is 116 cm³/mol. The summed E-state index contributed by atoms with van der Waals surface area (Å²) in [7, 11) is -3.53. The highest BCUT2D eigenvalue weighted by Gasteiger charge is 2.21. The second kappa shape index (κ2) is 8.66. The molecule has 3 aromatic heterocycles. The highest BCUT2D eigenvalue weighted by atomic mass is 35.5. The van der Waals surface area contributed by atoms with Crippen molar-refractivity contribution in [2.45, 2.75) is 20.9 Å². The van der Waals surface area contributed by atoms with E-state index in [1.807, 2.05) is 42.5 Å². The van der Waals surface area contributed by atoms with Crippen LogP contribution < -0.4 is 0 Å². The van der Waals surface area contributed by atoms with E-state index in [-0.39, 0.29) is 9.96 Å². The van der Waals surface area contributed by atoms with Gasteiger partial charge in [-0.15, -0.1) is 16.4 Å². The minimum Gasteiger partial charge on any atom is -0.261 e. The number of nitrogens with zero attached hydrogens (tertiary/aromatic N) is 3. The molecular formula is C19H15ClN4O2S3. The first kappa shape index (κ1) is 20.1. The lowest BCUT2D eigenvalue weighted by Crippen LogP contribution is -2.04. The summed E-state index contributed by atoms with van der Waals surface area (Å²) in [4.78, 5) is 9.37. The van der Waals surface area contributed by atoms with Crippen molar-refractivity contribution in [1.29, 1.82) is 0 Å². The molecule has 29 heavy (non-hydrogen) atoms. The van der Waals surface area contributed by atoms with Crippen LogP contribution in [0.4, 0.5) is 0 Å². The number of nitrogens with one attached hydrogen (secondary N) is 1. The van der Waals surface area contributed by atoms with E-state index in [1.165, 1.54) is 23.1 Å². The summed E-state index contributed by atoms with van der Waals surface area (Å²) >= 11 is 8.51. The van der Waals surface area contributed by atoms with Gasteiger partial charge in [-0.05, 0) is 42.0 Å². The fraction of sp³-hybridized carbons (Fsp3) is 0.105. The van der Waals surface area contributed by atoms with Crippen molar-refractivity contribution in [2.75, 3.05) is 0 Å². The van der Waals surface area contributed by atoms with Gasteiger partial charge in [-0.2, -0.15) is 0 Å². The second-order valence-corrected chi connectivity index (χ2v) is 10.8. The second-order valence-electron chi connectivity index (χ2n) is 6.07. The van der Waals surface area contributed by atoms with Gasteiger partial charge in [0.25, 0.3) is 0 Å². The first-order chi connectivity index (χ1) is 14.0. The molecule has 0 unspecified atom stereocenters. The third-order valence-corrected chi connectivity index (χ3v) is 8.41. The summed E-state index contributed by atoms with van der Waals surface area (Å²) in [6.07, 6.45) is 1.68. The Kier molecular flexibility index (Phi) is 6.00. The fourth-order valence-electron chi connectivity index (χ4n) is 2.52. The SMILES string of the molecule is O=S(=O)(Cc1nc(SCc2ccc(Cl)cc2)n[nH]1)c1ccc(-c2ccccn2)s1. The number of benzene rings is 1. The standard InChI is InChI=1S/C19H15ClN4O2S3/c20-14-6-4-13(5-7-14)11-27-19-22-17(23-24-19)12-29(25,26)18-9-8-16(28-18)15-3-1-2-10-21-15/h1-10H,11-12H2,(H,22,23,24). The molecule has 6 nitrogen and oxygen atoms in total. The molecule has 0 spiro atoms. The maximum Gasteiger partial charge on any atom is 0.208 e. The van der Waals surface area contributed by atoms with Crippen LogP contribution in [0.2, 0.25) is 5.02 Å². The first-order valence-electron chi connectivity index (χ1n) is 8.52. The molecule has 0 fully saturated rings. The average molecular weight is 463 g/mol. The van der Waals surface area contributed by atoms with Crippen molar-refractivity contribution >= 4 is 44.5 Å². The van der Waals surface area contributed by atoms with Crippen LogP contribution in [0.15, 0.2) is 70.2 Å². The zero-order chi connectivity index (χ0) is 20.3. The molecule has 1 N–H and O–H groups in total. The lowest BCUT2D eigenvalue weighted by atomic mass is 10.2.